The molecule has 1 heterocycles. The van der Waals surface area contributed by atoms with E-state index in [-0.39, 0.29) is 12.5 Å². The third kappa shape index (κ3) is 4.41. The van der Waals surface area contributed by atoms with Crippen LogP contribution in [0.25, 0.3) is 10.9 Å². The van der Waals surface area contributed by atoms with Crippen LogP contribution in [0.2, 0.25) is 0 Å². The van der Waals surface area contributed by atoms with E-state index in [4.69, 9.17) is 4.74 Å². The molecular formula is C24H22N2O2. The zero-order chi connectivity index (χ0) is 19.2. The molecule has 0 radical (unpaired) electrons. The topological polar surface area (TPSA) is 43.3 Å². The second-order valence-corrected chi connectivity index (χ2v) is 6.66. The number of nitrogens with zero attached hydrogens (tertiary/aromatic N) is 1. The van der Waals surface area contributed by atoms with Crippen molar-refractivity contribution >= 4 is 22.5 Å². The fourth-order valence-corrected chi connectivity index (χ4v) is 3.20. The van der Waals surface area contributed by atoms with Crippen molar-refractivity contribution in [3.8, 4) is 5.75 Å². The molecule has 0 aliphatic heterocycles. The average Bonchev–Trinajstić information content (AvgIpc) is 3.13. The summed E-state index contributed by atoms with van der Waals surface area (Å²) in [5.74, 6) is 0.740. The number of nitrogens with one attached hydrogen (secondary N) is 1. The van der Waals surface area contributed by atoms with Crippen LogP contribution in [0.5, 0.6) is 5.75 Å². The molecule has 0 fully saturated rings. The lowest BCUT2D eigenvalue weighted by Gasteiger charge is -2.09. The van der Waals surface area contributed by atoms with E-state index in [0.717, 1.165) is 28.8 Å². The van der Waals surface area contributed by atoms with Gasteiger partial charge in [0.2, 0.25) is 5.91 Å². The minimum atomic E-state index is -0.0564. The molecule has 1 amide bonds. The zero-order valence-corrected chi connectivity index (χ0v) is 15.5. The van der Waals surface area contributed by atoms with Gasteiger partial charge in [-0.25, -0.2) is 0 Å². The smallest absolute Gasteiger partial charge is 0.244 e. The highest BCUT2D eigenvalue weighted by atomic mass is 16.5. The van der Waals surface area contributed by atoms with E-state index in [1.807, 2.05) is 83.6 Å². The SMILES string of the molecule is O=C(Cn1ccc2ccccc21)Nc1ccc(OCCc2ccccc2)cc1. The second kappa shape index (κ2) is 8.44. The molecule has 0 unspecified atom stereocenters. The lowest BCUT2D eigenvalue weighted by atomic mass is 10.2. The molecule has 0 atom stereocenters. The van der Waals surface area contributed by atoms with Crippen molar-refractivity contribution in [2.24, 2.45) is 0 Å². The van der Waals surface area contributed by atoms with Crippen LogP contribution >= 0.6 is 0 Å². The van der Waals surface area contributed by atoms with E-state index in [1.165, 1.54) is 5.56 Å². The van der Waals surface area contributed by atoms with Gasteiger partial charge in [0.05, 0.1) is 6.61 Å². The minimum absolute atomic E-state index is 0.0564. The number of amides is 1. The third-order valence-electron chi connectivity index (χ3n) is 4.63. The zero-order valence-electron chi connectivity index (χ0n) is 15.5. The number of aromatic nitrogens is 1. The van der Waals surface area contributed by atoms with Crippen LogP contribution in [0.3, 0.4) is 0 Å². The molecule has 4 nitrogen and oxygen atoms in total. The van der Waals surface area contributed by atoms with Crippen molar-refractivity contribution in [2.45, 2.75) is 13.0 Å². The number of fused-ring (bicyclic) bond motifs is 1. The Labute approximate surface area is 164 Å². The summed E-state index contributed by atoms with van der Waals surface area (Å²) >= 11 is 0. The number of carbonyl (C=O) groups excluding carboxylic acids is 1. The fourth-order valence-electron chi connectivity index (χ4n) is 3.20. The summed E-state index contributed by atoms with van der Waals surface area (Å²) in [5.41, 5.74) is 3.07. The molecule has 0 aliphatic carbocycles. The number of benzene rings is 3. The van der Waals surface area contributed by atoms with Gasteiger partial charge in [-0.05, 0) is 47.3 Å². The fraction of sp³-hybridized carbons (Fsp3) is 0.125. The monoisotopic (exact) mass is 370 g/mol. The van der Waals surface area contributed by atoms with Gasteiger partial charge in [-0.3, -0.25) is 4.79 Å². The molecule has 28 heavy (non-hydrogen) atoms. The predicted molar refractivity (Wildman–Crippen MR) is 113 cm³/mol. The molecule has 4 heteroatoms. The van der Waals surface area contributed by atoms with Gasteiger partial charge in [-0.2, -0.15) is 0 Å². The molecule has 0 saturated heterocycles. The maximum absolute atomic E-state index is 12.4. The normalized spacial score (nSPS) is 10.7. The maximum Gasteiger partial charge on any atom is 0.244 e. The quantitative estimate of drug-likeness (QED) is 0.503. The summed E-state index contributed by atoms with van der Waals surface area (Å²) in [6, 6.07) is 27.8. The summed E-state index contributed by atoms with van der Waals surface area (Å²) in [6.07, 6.45) is 2.80. The lowest BCUT2D eigenvalue weighted by Crippen LogP contribution is -2.18. The molecule has 140 valence electrons. The van der Waals surface area contributed by atoms with Gasteiger partial charge < -0.3 is 14.6 Å². The molecule has 0 aliphatic rings. The van der Waals surface area contributed by atoms with Gasteiger partial charge in [0.1, 0.15) is 12.3 Å². The molecule has 1 N–H and O–H groups in total. The van der Waals surface area contributed by atoms with Gasteiger partial charge >= 0.3 is 0 Å². The Morgan fingerprint density at radius 1 is 0.857 bits per heavy atom. The first-order valence-electron chi connectivity index (χ1n) is 9.38. The van der Waals surface area contributed by atoms with Crippen molar-refractivity contribution < 1.29 is 9.53 Å². The van der Waals surface area contributed by atoms with Crippen molar-refractivity contribution in [1.82, 2.24) is 4.57 Å². The number of hydrogen-bond acceptors (Lipinski definition) is 2. The van der Waals surface area contributed by atoms with E-state index < -0.39 is 0 Å². The number of anilines is 1. The Bertz CT molecular complexity index is 1050. The number of rotatable bonds is 7. The van der Waals surface area contributed by atoms with Crippen LogP contribution in [-0.4, -0.2) is 17.1 Å². The summed E-state index contributed by atoms with van der Waals surface area (Å²) in [5, 5.41) is 4.07. The van der Waals surface area contributed by atoms with Crippen molar-refractivity contribution in [3.05, 3.63) is 96.7 Å². The van der Waals surface area contributed by atoms with E-state index >= 15 is 0 Å². The Balaban J connectivity index is 1.29. The Morgan fingerprint density at radius 3 is 2.43 bits per heavy atom. The molecule has 0 spiro atoms. The summed E-state index contributed by atoms with van der Waals surface area (Å²) < 4.78 is 7.74. The Morgan fingerprint density at radius 2 is 1.61 bits per heavy atom. The van der Waals surface area contributed by atoms with E-state index in [2.05, 4.69) is 17.4 Å². The van der Waals surface area contributed by atoms with Crippen molar-refractivity contribution in [2.75, 3.05) is 11.9 Å². The van der Waals surface area contributed by atoms with Crippen LogP contribution in [0.1, 0.15) is 5.56 Å². The largest absolute Gasteiger partial charge is 0.493 e. The number of ether oxygens (including phenoxy) is 1. The number of para-hydroxylation sites is 1. The lowest BCUT2D eigenvalue weighted by molar-refractivity contribution is -0.116. The molecule has 1 aromatic heterocycles. The van der Waals surface area contributed by atoms with Crippen LogP contribution in [0.4, 0.5) is 5.69 Å². The van der Waals surface area contributed by atoms with E-state index in [0.29, 0.717) is 6.61 Å². The highest BCUT2D eigenvalue weighted by Crippen LogP contribution is 2.18. The third-order valence-corrected chi connectivity index (χ3v) is 4.63. The molecule has 4 rings (SSSR count). The van der Waals surface area contributed by atoms with E-state index in [9.17, 15) is 4.79 Å². The van der Waals surface area contributed by atoms with Crippen LogP contribution in [-0.2, 0) is 17.8 Å². The van der Waals surface area contributed by atoms with Crippen molar-refractivity contribution in [3.63, 3.8) is 0 Å². The number of hydrogen-bond donors (Lipinski definition) is 1. The summed E-state index contributed by atoms with van der Waals surface area (Å²) in [6.45, 7) is 0.902. The van der Waals surface area contributed by atoms with Gasteiger partial charge in [0, 0.05) is 23.8 Å². The summed E-state index contributed by atoms with van der Waals surface area (Å²) in [4.78, 5) is 12.4. The van der Waals surface area contributed by atoms with Gasteiger partial charge in [0.15, 0.2) is 0 Å². The highest BCUT2D eigenvalue weighted by molar-refractivity contribution is 5.92. The molecular weight excluding hydrogens is 348 g/mol. The second-order valence-electron chi connectivity index (χ2n) is 6.66. The maximum atomic E-state index is 12.4. The standard InChI is InChI=1S/C24H22N2O2/c27-24(18-26-16-14-20-8-4-5-9-23(20)26)25-21-10-12-22(13-11-21)28-17-15-19-6-2-1-3-7-19/h1-14,16H,15,17-18H2,(H,25,27). The first-order valence-corrected chi connectivity index (χ1v) is 9.38. The minimum Gasteiger partial charge on any atom is -0.493 e. The van der Waals surface area contributed by atoms with E-state index in [1.54, 1.807) is 0 Å². The van der Waals surface area contributed by atoms with Gasteiger partial charge in [-0.1, -0.05) is 48.5 Å². The molecule has 3 aromatic carbocycles. The van der Waals surface area contributed by atoms with Crippen LogP contribution < -0.4 is 10.1 Å². The first-order chi connectivity index (χ1) is 13.8. The highest BCUT2D eigenvalue weighted by Gasteiger charge is 2.06. The number of carbonyl (C=O) groups is 1. The van der Waals surface area contributed by atoms with Gasteiger partial charge in [-0.15, -0.1) is 0 Å². The first kappa shape index (κ1) is 17.9. The van der Waals surface area contributed by atoms with Crippen LogP contribution in [0.15, 0.2) is 91.1 Å². The molecule has 0 saturated carbocycles. The Kier molecular flexibility index (Phi) is 5.38. The Hall–Kier alpha value is -3.53. The molecule has 4 aromatic rings. The molecule has 0 bridgehead atoms. The van der Waals surface area contributed by atoms with Crippen molar-refractivity contribution in [1.29, 1.82) is 0 Å². The van der Waals surface area contributed by atoms with Crippen LogP contribution in [0, 0.1) is 0 Å². The predicted octanol–water partition coefficient (Wildman–Crippen LogP) is 4.90. The summed E-state index contributed by atoms with van der Waals surface area (Å²) in [7, 11) is 0. The van der Waals surface area contributed by atoms with Gasteiger partial charge in [0.25, 0.3) is 0 Å². The average molecular weight is 370 g/mol.